The highest BCUT2D eigenvalue weighted by atomic mass is 16.3. The van der Waals surface area contributed by atoms with Crippen LogP contribution >= 0.6 is 0 Å². The van der Waals surface area contributed by atoms with E-state index in [1.54, 1.807) is 5.57 Å². The normalized spacial score (nSPS) is 45.3. The van der Waals surface area contributed by atoms with E-state index in [2.05, 4.69) is 40.7 Å². The molecule has 0 aromatic heterocycles. The van der Waals surface area contributed by atoms with Gasteiger partial charge >= 0.3 is 0 Å². The first-order chi connectivity index (χ1) is 13.8. The fourth-order valence-electron chi connectivity index (χ4n) is 8.92. The highest BCUT2D eigenvalue weighted by Crippen LogP contribution is 2.67. The van der Waals surface area contributed by atoms with E-state index >= 15 is 0 Å². The van der Waals surface area contributed by atoms with Gasteiger partial charge in [0.2, 0.25) is 0 Å². The van der Waals surface area contributed by atoms with Crippen LogP contribution in [0.2, 0.25) is 0 Å². The maximum absolute atomic E-state index is 9.70. The van der Waals surface area contributed by atoms with E-state index in [4.69, 9.17) is 0 Å². The second kappa shape index (κ2) is 8.33. The van der Waals surface area contributed by atoms with Crippen molar-refractivity contribution in [3.8, 4) is 0 Å². The predicted octanol–water partition coefficient (Wildman–Crippen LogP) is 7.64. The zero-order chi connectivity index (χ0) is 20.8. The van der Waals surface area contributed by atoms with Gasteiger partial charge in [0.05, 0.1) is 0 Å². The topological polar surface area (TPSA) is 20.2 Å². The number of hydrogen-bond donors (Lipinski definition) is 1. The summed E-state index contributed by atoms with van der Waals surface area (Å²) in [4.78, 5) is 0. The number of aliphatic hydroxyl groups is 1. The summed E-state index contributed by atoms with van der Waals surface area (Å²) in [6.45, 7) is 13.0. The smallest absolute Gasteiger partial charge is 0.0462 e. The number of allylic oxidation sites excluding steroid dienone is 2. The van der Waals surface area contributed by atoms with Crippen LogP contribution in [0.1, 0.15) is 105 Å². The van der Waals surface area contributed by atoms with Gasteiger partial charge in [0.25, 0.3) is 0 Å². The van der Waals surface area contributed by atoms with Gasteiger partial charge in [0, 0.05) is 6.61 Å². The number of aliphatic hydroxyl groups excluding tert-OH is 1. The summed E-state index contributed by atoms with van der Waals surface area (Å²) >= 11 is 0. The molecule has 1 heteroatoms. The van der Waals surface area contributed by atoms with Gasteiger partial charge in [-0.15, -0.1) is 0 Å². The maximum Gasteiger partial charge on any atom is 0.0462 e. The minimum atomic E-state index is 0.387. The van der Waals surface area contributed by atoms with Gasteiger partial charge in [-0.2, -0.15) is 0 Å². The van der Waals surface area contributed by atoms with Crippen molar-refractivity contribution >= 4 is 0 Å². The van der Waals surface area contributed by atoms with Gasteiger partial charge in [0.1, 0.15) is 0 Å². The van der Waals surface area contributed by atoms with E-state index < -0.39 is 0 Å². The molecule has 0 aliphatic heterocycles. The second-order valence-electron chi connectivity index (χ2n) is 12.6. The Kier molecular flexibility index (Phi) is 6.29. The SMILES string of the molecule is CC(C)CCC[C@@H](C)[C@H]1CC[C@H]2[C@@H]3CC=C4CC(CO)CC[C@]4(C)[C@H]3CC[C@]12C. The van der Waals surface area contributed by atoms with Crippen LogP contribution in [0, 0.1) is 52.3 Å². The summed E-state index contributed by atoms with van der Waals surface area (Å²) in [5.41, 5.74) is 2.77. The molecule has 0 heterocycles. The molecule has 0 bridgehead atoms. The molecular formula is C28H48O. The molecule has 4 aliphatic rings. The zero-order valence-corrected chi connectivity index (χ0v) is 20.1. The van der Waals surface area contributed by atoms with Gasteiger partial charge < -0.3 is 5.11 Å². The van der Waals surface area contributed by atoms with Crippen LogP contribution < -0.4 is 0 Å². The predicted molar refractivity (Wildman–Crippen MR) is 124 cm³/mol. The Hall–Kier alpha value is -0.300. The molecular weight excluding hydrogens is 352 g/mol. The molecule has 0 saturated heterocycles. The summed E-state index contributed by atoms with van der Waals surface area (Å²) in [5, 5.41) is 9.70. The van der Waals surface area contributed by atoms with Gasteiger partial charge in [0.15, 0.2) is 0 Å². The van der Waals surface area contributed by atoms with Crippen molar-refractivity contribution in [3.63, 3.8) is 0 Å². The van der Waals surface area contributed by atoms with Crippen LogP contribution in [-0.2, 0) is 0 Å². The van der Waals surface area contributed by atoms with Crippen molar-refractivity contribution in [2.75, 3.05) is 6.61 Å². The van der Waals surface area contributed by atoms with Crippen LogP contribution in [0.4, 0.5) is 0 Å². The Balaban J connectivity index is 1.48. The second-order valence-corrected chi connectivity index (χ2v) is 12.6. The molecule has 4 aliphatic carbocycles. The molecule has 3 saturated carbocycles. The van der Waals surface area contributed by atoms with Crippen LogP contribution in [0.25, 0.3) is 0 Å². The molecule has 8 atom stereocenters. The Morgan fingerprint density at radius 2 is 1.79 bits per heavy atom. The standard InChI is InChI=1S/C28H48O/c1-19(2)7-6-8-20(3)24-11-12-25-23-10-9-22-17-21(18-29)13-15-27(22,4)26(23)14-16-28(24,25)5/h9,19-21,23-26,29H,6-8,10-18H2,1-5H3/t20-,21?,23+,24-,25+,26+,27+,28-/m1/s1. The van der Waals surface area contributed by atoms with Crippen molar-refractivity contribution in [3.05, 3.63) is 11.6 Å². The highest BCUT2D eigenvalue weighted by Gasteiger charge is 2.59. The van der Waals surface area contributed by atoms with Crippen molar-refractivity contribution in [2.45, 2.75) is 105 Å². The molecule has 1 nitrogen and oxygen atoms in total. The quantitative estimate of drug-likeness (QED) is 0.454. The lowest BCUT2D eigenvalue weighted by Crippen LogP contribution is -2.50. The Labute approximate surface area is 181 Å². The number of hydrogen-bond acceptors (Lipinski definition) is 1. The van der Waals surface area contributed by atoms with Crippen molar-refractivity contribution < 1.29 is 5.11 Å². The summed E-state index contributed by atoms with van der Waals surface area (Å²) < 4.78 is 0. The molecule has 1 unspecified atom stereocenters. The molecule has 166 valence electrons. The molecule has 0 aromatic rings. The first-order valence-corrected chi connectivity index (χ1v) is 13.1. The van der Waals surface area contributed by atoms with Crippen LogP contribution in [0.3, 0.4) is 0 Å². The third-order valence-corrected chi connectivity index (χ3v) is 10.7. The monoisotopic (exact) mass is 400 g/mol. The fraction of sp³-hybridized carbons (Fsp3) is 0.929. The molecule has 0 spiro atoms. The zero-order valence-electron chi connectivity index (χ0n) is 20.1. The molecule has 0 radical (unpaired) electrons. The van der Waals surface area contributed by atoms with Crippen molar-refractivity contribution in [2.24, 2.45) is 52.3 Å². The summed E-state index contributed by atoms with van der Waals surface area (Å²) in [5.74, 6) is 6.06. The molecule has 4 rings (SSSR count). The molecule has 1 N–H and O–H groups in total. The Morgan fingerprint density at radius 1 is 1.00 bits per heavy atom. The number of fused-ring (bicyclic) bond motifs is 5. The lowest BCUT2D eigenvalue weighted by Gasteiger charge is -2.58. The van der Waals surface area contributed by atoms with Crippen molar-refractivity contribution in [1.82, 2.24) is 0 Å². The van der Waals surface area contributed by atoms with E-state index in [1.165, 1.54) is 70.6 Å². The summed E-state index contributed by atoms with van der Waals surface area (Å²) in [6, 6.07) is 0. The van der Waals surface area contributed by atoms with Gasteiger partial charge in [-0.05, 0) is 104 Å². The first-order valence-electron chi connectivity index (χ1n) is 13.1. The first kappa shape index (κ1) is 21.9. The van der Waals surface area contributed by atoms with Gasteiger partial charge in [-0.1, -0.05) is 65.5 Å². The molecule has 0 amide bonds. The average molecular weight is 401 g/mol. The summed E-state index contributed by atoms with van der Waals surface area (Å²) in [7, 11) is 0. The lowest BCUT2D eigenvalue weighted by molar-refractivity contribution is -0.0540. The van der Waals surface area contributed by atoms with Crippen LogP contribution in [0.15, 0.2) is 11.6 Å². The van der Waals surface area contributed by atoms with E-state index in [0.717, 1.165) is 35.5 Å². The third-order valence-electron chi connectivity index (χ3n) is 10.7. The largest absolute Gasteiger partial charge is 0.396 e. The van der Waals surface area contributed by atoms with E-state index in [-0.39, 0.29) is 0 Å². The van der Waals surface area contributed by atoms with Crippen LogP contribution in [-0.4, -0.2) is 11.7 Å². The van der Waals surface area contributed by atoms with E-state index in [1.807, 2.05) is 0 Å². The fourth-order valence-corrected chi connectivity index (χ4v) is 8.92. The Morgan fingerprint density at radius 3 is 2.52 bits per heavy atom. The maximum atomic E-state index is 9.70. The average Bonchev–Trinajstić information content (AvgIpc) is 3.04. The Bertz CT molecular complexity index is 605. The van der Waals surface area contributed by atoms with Gasteiger partial charge in [-0.25, -0.2) is 0 Å². The minimum Gasteiger partial charge on any atom is -0.396 e. The molecule has 0 aromatic carbocycles. The summed E-state index contributed by atoms with van der Waals surface area (Å²) in [6.07, 6.45) is 17.9. The van der Waals surface area contributed by atoms with E-state index in [0.29, 0.717) is 23.4 Å². The molecule has 3 fully saturated rings. The van der Waals surface area contributed by atoms with Gasteiger partial charge in [-0.3, -0.25) is 0 Å². The molecule has 29 heavy (non-hydrogen) atoms. The highest BCUT2D eigenvalue weighted by molar-refractivity contribution is 5.25. The third kappa shape index (κ3) is 3.77. The number of rotatable bonds is 6. The lowest BCUT2D eigenvalue weighted by atomic mass is 9.46. The van der Waals surface area contributed by atoms with Crippen molar-refractivity contribution in [1.29, 1.82) is 0 Å². The van der Waals surface area contributed by atoms with Crippen LogP contribution in [0.5, 0.6) is 0 Å². The van der Waals surface area contributed by atoms with E-state index in [9.17, 15) is 5.11 Å². The minimum absolute atomic E-state index is 0.387.